The topological polar surface area (TPSA) is 49.3 Å². The molecule has 1 aromatic rings. The Balaban J connectivity index is 2.23. The lowest BCUT2D eigenvalue weighted by Gasteiger charge is -2.12. The number of nitrogens with one attached hydrogen (secondary N) is 1. The molecule has 0 aliphatic rings. The molecule has 1 amide bonds. The van der Waals surface area contributed by atoms with Crippen LogP contribution in [0.1, 0.15) is 24.6 Å². The number of amides is 1. The first kappa shape index (κ1) is 12.2. The fraction of sp³-hybridized carbons (Fsp3) is 0.545. The molecule has 0 spiro atoms. The zero-order valence-electron chi connectivity index (χ0n) is 8.90. The summed E-state index contributed by atoms with van der Waals surface area (Å²) in [5.74, 6) is 0.0582. The van der Waals surface area contributed by atoms with Gasteiger partial charge in [-0.05, 0) is 31.2 Å². The number of rotatable bonds is 6. The van der Waals surface area contributed by atoms with E-state index in [-0.39, 0.29) is 18.6 Å². The van der Waals surface area contributed by atoms with Crippen LogP contribution in [0.5, 0.6) is 0 Å². The van der Waals surface area contributed by atoms with Crippen molar-refractivity contribution in [2.75, 3.05) is 6.61 Å². The SMILES string of the molecule is CC(CCCO)NC(=O)Cc1cccs1. The average Bonchev–Trinajstić information content (AvgIpc) is 2.67. The Morgan fingerprint density at radius 2 is 2.47 bits per heavy atom. The highest BCUT2D eigenvalue weighted by Crippen LogP contribution is 2.09. The van der Waals surface area contributed by atoms with Gasteiger partial charge < -0.3 is 10.4 Å². The number of aliphatic hydroxyl groups excluding tert-OH is 1. The predicted molar refractivity (Wildman–Crippen MR) is 61.9 cm³/mol. The van der Waals surface area contributed by atoms with Gasteiger partial charge >= 0.3 is 0 Å². The van der Waals surface area contributed by atoms with E-state index >= 15 is 0 Å². The van der Waals surface area contributed by atoms with E-state index in [1.165, 1.54) is 0 Å². The molecule has 84 valence electrons. The molecule has 1 atom stereocenters. The molecule has 15 heavy (non-hydrogen) atoms. The Hall–Kier alpha value is -0.870. The molecule has 0 aromatic carbocycles. The summed E-state index contributed by atoms with van der Waals surface area (Å²) in [6.45, 7) is 2.15. The zero-order chi connectivity index (χ0) is 11.1. The van der Waals surface area contributed by atoms with Crippen molar-refractivity contribution in [2.45, 2.75) is 32.2 Å². The largest absolute Gasteiger partial charge is 0.396 e. The maximum Gasteiger partial charge on any atom is 0.225 e. The standard InChI is InChI=1S/C11H17NO2S/c1-9(4-2-6-13)12-11(14)8-10-5-3-7-15-10/h3,5,7,9,13H,2,4,6,8H2,1H3,(H,12,14). The van der Waals surface area contributed by atoms with Crippen molar-refractivity contribution in [2.24, 2.45) is 0 Å². The second-order valence-electron chi connectivity index (χ2n) is 3.59. The zero-order valence-corrected chi connectivity index (χ0v) is 9.72. The van der Waals surface area contributed by atoms with E-state index < -0.39 is 0 Å². The minimum atomic E-state index is 0.0582. The minimum absolute atomic E-state index is 0.0582. The van der Waals surface area contributed by atoms with Crippen molar-refractivity contribution >= 4 is 17.2 Å². The quantitative estimate of drug-likeness (QED) is 0.775. The molecule has 1 heterocycles. The van der Waals surface area contributed by atoms with Crippen LogP contribution in [0.25, 0.3) is 0 Å². The van der Waals surface area contributed by atoms with E-state index in [0.717, 1.165) is 17.7 Å². The van der Waals surface area contributed by atoms with Gasteiger partial charge in [-0.3, -0.25) is 4.79 Å². The van der Waals surface area contributed by atoms with Gasteiger partial charge in [0.25, 0.3) is 0 Å². The smallest absolute Gasteiger partial charge is 0.225 e. The molecule has 0 fully saturated rings. The van der Waals surface area contributed by atoms with Crippen molar-refractivity contribution in [3.8, 4) is 0 Å². The van der Waals surface area contributed by atoms with Crippen LogP contribution in [0.4, 0.5) is 0 Å². The van der Waals surface area contributed by atoms with Crippen LogP contribution in [0.15, 0.2) is 17.5 Å². The third-order valence-electron chi connectivity index (χ3n) is 2.12. The van der Waals surface area contributed by atoms with Gasteiger partial charge in [0.15, 0.2) is 0 Å². The Bertz CT molecular complexity index is 285. The molecule has 1 rings (SSSR count). The van der Waals surface area contributed by atoms with Crippen LogP contribution in [-0.2, 0) is 11.2 Å². The van der Waals surface area contributed by atoms with Gasteiger partial charge in [-0.25, -0.2) is 0 Å². The van der Waals surface area contributed by atoms with E-state index in [1.807, 2.05) is 24.4 Å². The number of thiophene rings is 1. The lowest BCUT2D eigenvalue weighted by atomic mass is 10.2. The summed E-state index contributed by atoms with van der Waals surface area (Å²) < 4.78 is 0. The predicted octanol–water partition coefficient (Wildman–Crippen LogP) is 1.57. The molecular formula is C11H17NO2S. The molecule has 3 nitrogen and oxygen atoms in total. The molecule has 0 aliphatic carbocycles. The average molecular weight is 227 g/mol. The van der Waals surface area contributed by atoms with Crippen molar-refractivity contribution in [3.63, 3.8) is 0 Å². The van der Waals surface area contributed by atoms with Gasteiger partial charge in [0.1, 0.15) is 0 Å². The Morgan fingerprint density at radius 1 is 1.67 bits per heavy atom. The fourth-order valence-electron chi connectivity index (χ4n) is 1.37. The van der Waals surface area contributed by atoms with Crippen molar-refractivity contribution < 1.29 is 9.90 Å². The van der Waals surface area contributed by atoms with Gasteiger partial charge in [0.2, 0.25) is 5.91 Å². The van der Waals surface area contributed by atoms with Crippen LogP contribution in [0.2, 0.25) is 0 Å². The maximum atomic E-state index is 11.5. The van der Waals surface area contributed by atoms with Gasteiger partial charge in [0, 0.05) is 17.5 Å². The molecule has 2 N–H and O–H groups in total. The first-order valence-corrected chi connectivity index (χ1v) is 6.03. The van der Waals surface area contributed by atoms with Crippen molar-refractivity contribution in [3.05, 3.63) is 22.4 Å². The molecule has 0 radical (unpaired) electrons. The molecular weight excluding hydrogens is 210 g/mol. The monoisotopic (exact) mass is 227 g/mol. The number of hydrogen-bond donors (Lipinski definition) is 2. The Kier molecular flexibility index (Phi) is 5.36. The summed E-state index contributed by atoms with van der Waals surface area (Å²) in [6.07, 6.45) is 2.02. The van der Waals surface area contributed by atoms with E-state index in [4.69, 9.17) is 5.11 Å². The molecule has 0 bridgehead atoms. The maximum absolute atomic E-state index is 11.5. The molecule has 1 aromatic heterocycles. The Labute approximate surface area is 94.1 Å². The number of carbonyl (C=O) groups excluding carboxylic acids is 1. The van der Waals surface area contributed by atoms with E-state index in [2.05, 4.69) is 5.32 Å². The molecule has 0 aliphatic heterocycles. The van der Waals surface area contributed by atoms with Crippen molar-refractivity contribution in [1.29, 1.82) is 0 Å². The summed E-state index contributed by atoms with van der Waals surface area (Å²) in [7, 11) is 0. The Morgan fingerprint density at radius 3 is 3.07 bits per heavy atom. The number of aliphatic hydroxyl groups is 1. The second-order valence-corrected chi connectivity index (χ2v) is 4.62. The normalized spacial score (nSPS) is 12.4. The van der Waals surface area contributed by atoms with E-state index in [1.54, 1.807) is 11.3 Å². The lowest BCUT2D eigenvalue weighted by Crippen LogP contribution is -2.33. The summed E-state index contributed by atoms with van der Waals surface area (Å²) >= 11 is 1.60. The highest BCUT2D eigenvalue weighted by atomic mass is 32.1. The third kappa shape index (κ3) is 4.95. The van der Waals surface area contributed by atoms with Crippen LogP contribution in [0, 0.1) is 0 Å². The van der Waals surface area contributed by atoms with E-state index in [9.17, 15) is 4.79 Å². The highest BCUT2D eigenvalue weighted by molar-refractivity contribution is 7.10. The first-order valence-electron chi connectivity index (χ1n) is 5.15. The molecule has 4 heteroatoms. The highest BCUT2D eigenvalue weighted by Gasteiger charge is 2.07. The number of hydrogen-bond acceptors (Lipinski definition) is 3. The van der Waals surface area contributed by atoms with Crippen LogP contribution in [0.3, 0.4) is 0 Å². The molecule has 0 saturated carbocycles. The van der Waals surface area contributed by atoms with Crippen LogP contribution >= 0.6 is 11.3 Å². The van der Waals surface area contributed by atoms with Crippen LogP contribution in [-0.4, -0.2) is 23.7 Å². The summed E-state index contributed by atoms with van der Waals surface area (Å²) in [5.41, 5.74) is 0. The molecule has 0 saturated heterocycles. The van der Waals surface area contributed by atoms with Gasteiger partial charge in [-0.2, -0.15) is 0 Å². The summed E-state index contributed by atoms with van der Waals surface area (Å²) in [6, 6.07) is 4.05. The second kappa shape index (κ2) is 6.58. The van der Waals surface area contributed by atoms with Crippen molar-refractivity contribution in [1.82, 2.24) is 5.32 Å². The van der Waals surface area contributed by atoms with Gasteiger partial charge in [-0.1, -0.05) is 6.07 Å². The molecule has 1 unspecified atom stereocenters. The van der Waals surface area contributed by atoms with Gasteiger partial charge in [-0.15, -0.1) is 11.3 Å². The fourth-order valence-corrected chi connectivity index (χ4v) is 2.07. The number of carbonyl (C=O) groups is 1. The first-order chi connectivity index (χ1) is 7.22. The minimum Gasteiger partial charge on any atom is -0.396 e. The van der Waals surface area contributed by atoms with Gasteiger partial charge in [0.05, 0.1) is 6.42 Å². The third-order valence-corrected chi connectivity index (χ3v) is 2.99. The lowest BCUT2D eigenvalue weighted by molar-refractivity contribution is -0.121. The van der Waals surface area contributed by atoms with E-state index in [0.29, 0.717) is 6.42 Å². The van der Waals surface area contributed by atoms with Crippen LogP contribution < -0.4 is 5.32 Å². The summed E-state index contributed by atoms with van der Waals surface area (Å²) in [5, 5.41) is 13.5. The summed E-state index contributed by atoms with van der Waals surface area (Å²) in [4.78, 5) is 12.6.